The average Bonchev–Trinajstić information content (AvgIpc) is 2.80. The van der Waals surface area contributed by atoms with Crippen molar-refractivity contribution in [1.29, 1.82) is 0 Å². The van der Waals surface area contributed by atoms with Gasteiger partial charge >= 0.3 is 0 Å². The van der Waals surface area contributed by atoms with Crippen molar-refractivity contribution in [1.82, 2.24) is 4.90 Å². The molecule has 34 heavy (non-hydrogen) atoms. The topological polar surface area (TPSA) is 18.5 Å². The van der Waals surface area contributed by atoms with E-state index in [1.807, 2.05) is 0 Å². The molecule has 0 aromatic heterocycles. The smallest absolute Gasteiger partial charge is 0.174 e. The van der Waals surface area contributed by atoms with Crippen LogP contribution in [0.5, 0.6) is 0 Å². The van der Waals surface area contributed by atoms with E-state index in [0.29, 0.717) is 12.0 Å². The van der Waals surface area contributed by atoms with Gasteiger partial charge in [0.25, 0.3) is 0 Å². The molecule has 1 heterocycles. The molecule has 2 aromatic carbocycles. The van der Waals surface area contributed by atoms with E-state index in [4.69, 9.17) is 12.2 Å². The van der Waals surface area contributed by atoms with E-state index in [0.717, 1.165) is 18.2 Å². The molecule has 4 rings (SSSR count). The first-order valence-electron chi connectivity index (χ1n) is 13.4. The fraction of sp³-hybridized carbons (Fsp3) is 0.567. The fourth-order valence-electron chi connectivity index (χ4n) is 6.18. The monoisotopic (exact) mass is 477 g/mol. The van der Waals surface area contributed by atoms with Gasteiger partial charge in [0.05, 0.1) is 0 Å². The van der Waals surface area contributed by atoms with Crippen LogP contribution in [0.3, 0.4) is 0 Å². The van der Waals surface area contributed by atoms with Crippen LogP contribution in [0.25, 0.3) is 0 Å². The first kappa shape index (κ1) is 25.0. The number of anilines is 2. The van der Waals surface area contributed by atoms with Gasteiger partial charge in [0.2, 0.25) is 0 Å². The Morgan fingerprint density at radius 1 is 1.06 bits per heavy atom. The second-order valence-electron chi connectivity index (χ2n) is 10.7. The molecule has 4 heteroatoms. The molecule has 3 nitrogen and oxygen atoms in total. The highest BCUT2D eigenvalue weighted by molar-refractivity contribution is 7.80. The van der Waals surface area contributed by atoms with Crippen LogP contribution in [0.2, 0.25) is 0 Å². The second kappa shape index (κ2) is 11.1. The maximum atomic E-state index is 6.12. The second-order valence-corrected chi connectivity index (χ2v) is 11.1. The lowest BCUT2D eigenvalue weighted by Gasteiger charge is -2.41. The van der Waals surface area contributed by atoms with E-state index in [-0.39, 0.29) is 0 Å². The van der Waals surface area contributed by atoms with Crippen LogP contribution in [0.15, 0.2) is 30.3 Å². The molecule has 0 bridgehead atoms. The number of rotatable bonds is 6. The van der Waals surface area contributed by atoms with E-state index in [2.05, 4.69) is 80.1 Å². The van der Waals surface area contributed by atoms with E-state index in [1.54, 1.807) is 0 Å². The van der Waals surface area contributed by atoms with Crippen LogP contribution < -0.4 is 10.2 Å². The fourth-order valence-corrected chi connectivity index (χ4v) is 6.48. The summed E-state index contributed by atoms with van der Waals surface area (Å²) in [5, 5.41) is 4.55. The molecule has 1 aliphatic carbocycles. The van der Waals surface area contributed by atoms with Crippen LogP contribution in [0.1, 0.15) is 80.2 Å². The molecule has 0 saturated heterocycles. The zero-order valence-electron chi connectivity index (χ0n) is 21.9. The minimum absolute atomic E-state index is 0.493. The molecule has 0 unspecified atom stereocenters. The number of hydrogen-bond acceptors (Lipinski definition) is 2. The number of fused-ring (bicyclic) bond motifs is 1. The van der Waals surface area contributed by atoms with E-state index in [1.165, 1.54) is 90.7 Å². The molecule has 184 valence electrons. The van der Waals surface area contributed by atoms with Crippen LogP contribution in [0.4, 0.5) is 11.4 Å². The van der Waals surface area contributed by atoms with Gasteiger partial charge < -0.3 is 15.1 Å². The molecule has 1 aliphatic heterocycles. The van der Waals surface area contributed by atoms with Crippen LogP contribution in [-0.4, -0.2) is 29.1 Å². The average molecular weight is 478 g/mol. The van der Waals surface area contributed by atoms with E-state index >= 15 is 0 Å². The highest BCUT2D eigenvalue weighted by atomic mass is 32.1. The third kappa shape index (κ3) is 5.59. The van der Waals surface area contributed by atoms with Crippen molar-refractivity contribution in [3.63, 3.8) is 0 Å². The van der Waals surface area contributed by atoms with Crippen molar-refractivity contribution in [3.8, 4) is 0 Å². The lowest BCUT2D eigenvalue weighted by atomic mass is 9.84. The Labute approximate surface area is 212 Å². The van der Waals surface area contributed by atoms with Crippen molar-refractivity contribution in [2.45, 2.75) is 92.2 Å². The first-order chi connectivity index (χ1) is 16.4. The van der Waals surface area contributed by atoms with Gasteiger partial charge in [-0.15, -0.1) is 0 Å². The molecule has 0 radical (unpaired) electrons. The van der Waals surface area contributed by atoms with Crippen LogP contribution in [-0.2, 0) is 13.0 Å². The number of aryl methyl sites for hydroxylation is 4. The van der Waals surface area contributed by atoms with Gasteiger partial charge in [0.1, 0.15) is 0 Å². The van der Waals surface area contributed by atoms with E-state index < -0.39 is 0 Å². The predicted molar refractivity (Wildman–Crippen MR) is 151 cm³/mol. The maximum Gasteiger partial charge on any atom is 0.174 e. The third-order valence-corrected chi connectivity index (χ3v) is 8.18. The Balaban J connectivity index is 1.60. The summed E-state index contributed by atoms with van der Waals surface area (Å²) in [4.78, 5) is 5.07. The Morgan fingerprint density at radius 2 is 1.79 bits per heavy atom. The van der Waals surface area contributed by atoms with Gasteiger partial charge in [0.15, 0.2) is 5.11 Å². The molecule has 2 atom stereocenters. The summed E-state index contributed by atoms with van der Waals surface area (Å²) in [5.74, 6) is 0.659. The predicted octanol–water partition coefficient (Wildman–Crippen LogP) is 7.55. The van der Waals surface area contributed by atoms with Gasteiger partial charge in [-0.2, -0.15) is 0 Å². The van der Waals surface area contributed by atoms with Crippen LogP contribution in [0, 0.1) is 26.7 Å². The summed E-state index contributed by atoms with van der Waals surface area (Å²) >= 11 is 6.12. The lowest BCUT2D eigenvalue weighted by Crippen LogP contribution is -2.46. The summed E-state index contributed by atoms with van der Waals surface area (Å²) in [5.41, 5.74) is 9.35. The van der Waals surface area contributed by atoms with Gasteiger partial charge in [-0.25, -0.2) is 0 Å². The first-order valence-corrected chi connectivity index (χ1v) is 13.8. The minimum atomic E-state index is 0.493. The van der Waals surface area contributed by atoms with Crippen LogP contribution >= 0.6 is 12.2 Å². The number of benzene rings is 2. The number of hydrogen-bond donors (Lipinski definition) is 1. The van der Waals surface area contributed by atoms with Gasteiger partial charge in [-0.3, -0.25) is 0 Å². The molecule has 1 N–H and O–H groups in total. The molecule has 1 saturated carbocycles. The Kier molecular flexibility index (Phi) is 8.18. The Hall–Kier alpha value is -2.07. The maximum absolute atomic E-state index is 6.12. The molecule has 0 amide bonds. The van der Waals surface area contributed by atoms with Gasteiger partial charge in [0, 0.05) is 37.1 Å². The summed E-state index contributed by atoms with van der Waals surface area (Å²) < 4.78 is 0. The quantitative estimate of drug-likeness (QED) is 0.433. The summed E-state index contributed by atoms with van der Waals surface area (Å²) in [6.45, 7) is 14.4. The number of nitrogens with one attached hydrogen (secondary N) is 1. The highest BCUT2D eigenvalue weighted by Crippen LogP contribution is 2.33. The van der Waals surface area contributed by atoms with Gasteiger partial charge in [-0.05, 0) is 99.3 Å². The van der Waals surface area contributed by atoms with Crippen molar-refractivity contribution >= 4 is 28.7 Å². The Bertz CT molecular complexity index is 991. The molecule has 2 aliphatic rings. The number of thiocarbonyl (C=S) groups is 1. The number of nitrogens with zero attached hydrogens (tertiary/aromatic N) is 2. The highest BCUT2D eigenvalue weighted by Gasteiger charge is 2.30. The standard InChI is InChI=1S/C30H43N3S/c1-6-15-32-16-9-11-26-19-25(13-14-28(26)32)20-33(27-12-8-7-10-22(27)3)30(34)31-29-23(4)17-21(2)18-24(29)5/h13-14,17-19,22,27H,6-12,15-16,20H2,1-5H3,(H,31,34)/t22-,27+/m1/s1. The molecule has 2 aromatic rings. The zero-order valence-corrected chi connectivity index (χ0v) is 22.7. The summed E-state index contributed by atoms with van der Waals surface area (Å²) in [7, 11) is 0. The lowest BCUT2D eigenvalue weighted by molar-refractivity contribution is 0.177. The molecular weight excluding hydrogens is 434 g/mol. The van der Waals surface area contributed by atoms with Crippen molar-refractivity contribution in [2.75, 3.05) is 23.3 Å². The van der Waals surface area contributed by atoms with Gasteiger partial charge in [-0.1, -0.05) is 56.5 Å². The normalized spacial score (nSPS) is 20.1. The van der Waals surface area contributed by atoms with Crippen molar-refractivity contribution < 1.29 is 0 Å². The Morgan fingerprint density at radius 3 is 2.50 bits per heavy atom. The SMILES string of the molecule is CCCN1CCCc2cc(CN(C(=S)Nc3c(C)cc(C)cc3C)[C@H]3CCCC[C@H]3C)ccc21. The molecular formula is C30H43N3S. The third-order valence-electron chi connectivity index (χ3n) is 7.84. The summed E-state index contributed by atoms with van der Waals surface area (Å²) in [6, 6.07) is 12.2. The van der Waals surface area contributed by atoms with Crippen molar-refractivity contribution in [3.05, 3.63) is 58.1 Å². The van der Waals surface area contributed by atoms with E-state index in [9.17, 15) is 0 Å². The molecule has 1 fully saturated rings. The minimum Gasteiger partial charge on any atom is -0.371 e. The van der Waals surface area contributed by atoms with Crippen molar-refractivity contribution in [2.24, 2.45) is 5.92 Å². The molecule has 0 spiro atoms. The largest absolute Gasteiger partial charge is 0.371 e. The zero-order chi connectivity index (χ0) is 24.2. The summed E-state index contributed by atoms with van der Waals surface area (Å²) in [6.07, 6.45) is 8.80.